The van der Waals surface area contributed by atoms with Gasteiger partial charge in [-0.2, -0.15) is 0 Å². The highest BCUT2D eigenvalue weighted by Gasteiger charge is 2.23. The van der Waals surface area contributed by atoms with Crippen molar-refractivity contribution < 1.29 is 24.5 Å². The number of carboxylic acid groups (broad SMARTS) is 2. The molecule has 0 aliphatic carbocycles. The first-order valence-electron chi connectivity index (χ1n) is 6.45. The molecule has 0 fully saturated rings. The van der Waals surface area contributed by atoms with E-state index in [-0.39, 0.29) is 12.8 Å². The predicted molar refractivity (Wildman–Crippen MR) is 78.0 cm³/mol. The lowest BCUT2D eigenvalue weighted by Crippen LogP contribution is -2.34. The van der Waals surface area contributed by atoms with Gasteiger partial charge in [-0.3, -0.25) is 9.59 Å². The molecule has 0 aromatic heterocycles. The number of carboxylic acids is 2. The van der Waals surface area contributed by atoms with Gasteiger partial charge in [-0.1, -0.05) is 24.3 Å². The van der Waals surface area contributed by atoms with E-state index in [4.69, 9.17) is 20.7 Å². The van der Waals surface area contributed by atoms with Crippen molar-refractivity contribution in [1.82, 2.24) is 0 Å². The summed E-state index contributed by atoms with van der Waals surface area (Å²) in [6.45, 7) is 0. The van der Waals surface area contributed by atoms with Crippen LogP contribution in [-0.2, 0) is 9.59 Å². The van der Waals surface area contributed by atoms with Gasteiger partial charge in [0.05, 0.1) is 13.0 Å². The highest BCUT2D eigenvalue weighted by molar-refractivity contribution is 5.76. The van der Waals surface area contributed by atoms with E-state index in [1.54, 1.807) is 31.4 Å². The van der Waals surface area contributed by atoms with Crippen LogP contribution in [0.4, 0.5) is 0 Å². The molecule has 0 aliphatic rings. The lowest BCUT2D eigenvalue weighted by atomic mass is 9.96. The zero-order valence-electron chi connectivity index (χ0n) is 11.7. The summed E-state index contributed by atoms with van der Waals surface area (Å²) in [5.41, 5.74) is 6.27. The van der Waals surface area contributed by atoms with Crippen molar-refractivity contribution in [3.05, 3.63) is 35.9 Å². The molecule has 0 aliphatic heterocycles. The fourth-order valence-corrected chi connectivity index (χ4v) is 1.79. The summed E-state index contributed by atoms with van der Waals surface area (Å²) in [6, 6.07) is 6.12. The summed E-state index contributed by atoms with van der Waals surface area (Å²) in [5, 5.41) is 17.8. The van der Waals surface area contributed by atoms with Crippen LogP contribution in [0.2, 0.25) is 0 Å². The third-order valence-corrected chi connectivity index (χ3v) is 3.05. The normalized spacial score (nSPS) is 13.8. The molecule has 6 nitrogen and oxygen atoms in total. The maximum absolute atomic E-state index is 11.1. The van der Waals surface area contributed by atoms with Gasteiger partial charge >= 0.3 is 11.9 Å². The van der Waals surface area contributed by atoms with Gasteiger partial charge in [0, 0.05) is 0 Å². The smallest absolute Gasteiger partial charge is 0.320 e. The molecule has 0 spiro atoms. The standard InChI is InChI=1S/C15H19NO5/c1-21-12-7-5-10(6-8-12)3-2-4-11(14(17)18)9-13(16)15(19)20/h2-3,5-8,11,13H,4,9,16H2,1H3,(H,17,18)(H,19,20)/b3-2+/t11-,13-/m0/s1. The van der Waals surface area contributed by atoms with Crippen LogP contribution < -0.4 is 10.5 Å². The number of methoxy groups -OCH3 is 1. The molecule has 1 rings (SSSR count). The Kier molecular flexibility index (Phi) is 6.42. The highest BCUT2D eigenvalue weighted by atomic mass is 16.5. The van der Waals surface area contributed by atoms with Crippen molar-refractivity contribution >= 4 is 18.0 Å². The second-order valence-corrected chi connectivity index (χ2v) is 4.63. The Morgan fingerprint density at radius 1 is 1.24 bits per heavy atom. The van der Waals surface area contributed by atoms with E-state index in [2.05, 4.69) is 0 Å². The van der Waals surface area contributed by atoms with E-state index in [1.807, 2.05) is 12.1 Å². The Morgan fingerprint density at radius 3 is 2.33 bits per heavy atom. The molecule has 4 N–H and O–H groups in total. The van der Waals surface area contributed by atoms with Crippen LogP contribution in [0.3, 0.4) is 0 Å². The molecule has 0 amide bonds. The summed E-state index contributed by atoms with van der Waals surface area (Å²) in [6.07, 6.45) is 3.61. The van der Waals surface area contributed by atoms with E-state index in [9.17, 15) is 9.59 Å². The number of benzene rings is 1. The minimum absolute atomic E-state index is 0.0996. The number of ether oxygens (including phenoxy) is 1. The van der Waals surface area contributed by atoms with Crippen molar-refractivity contribution in [2.75, 3.05) is 7.11 Å². The first-order chi connectivity index (χ1) is 9.93. The van der Waals surface area contributed by atoms with Crippen LogP contribution in [0.1, 0.15) is 18.4 Å². The van der Waals surface area contributed by atoms with Gasteiger partial charge in [-0.15, -0.1) is 0 Å². The lowest BCUT2D eigenvalue weighted by molar-refractivity contribution is -0.143. The van der Waals surface area contributed by atoms with Crippen LogP contribution >= 0.6 is 0 Å². The Labute approximate surface area is 122 Å². The molecular weight excluding hydrogens is 274 g/mol. The largest absolute Gasteiger partial charge is 0.497 e. The third kappa shape index (κ3) is 5.66. The Hall–Kier alpha value is -2.34. The third-order valence-electron chi connectivity index (χ3n) is 3.05. The first-order valence-corrected chi connectivity index (χ1v) is 6.45. The van der Waals surface area contributed by atoms with Crippen LogP contribution in [0.25, 0.3) is 6.08 Å². The number of hydrogen-bond donors (Lipinski definition) is 3. The highest BCUT2D eigenvalue weighted by Crippen LogP contribution is 2.15. The average Bonchev–Trinajstić information content (AvgIpc) is 2.46. The van der Waals surface area contributed by atoms with Gasteiger partial charge in [-0.25, -0.2) is 0 Å². The van der Waals surface area contributed by atoms with E-state index >= 15 is 0 Å². The maximum atomic E-state index is 11.1. The Balaban J connectivity index is 2.61. The molecule has 0 saturated heterocycles. The van der Waals surface area contributed by atoms with Gasteiger partial charge in [0.25, 0.3) is 0 Å². The molecule has 21 heavy (non-hydrogen) atoms. The topological polar surface area (TPSA) is 110 Å². The molecule has 1 aromatic carbocycles. The van der Waals surface area contributed by atoms with Crippen LogP contribution in [0.15, 0.2) is 30.3 Å². The second-order valence-electron chi connectivity index (χ2n) is 4.63. The summed E-state index contributed by atoms with van der Waals surface area (Å²) < 4.78 is 5.04. The average molecular weight is 293 g/mol. The van der Waals surface area contributed by atoms with E-state index in [0.29, 0.717) is 0 Å². The quantitative estimate of drug-likeness (QED) is 0.671. The lowest BCUT2D eigenvalue weighted by Gasteiger charge is -2.12. The van der Waals surface area contributed by atoms with Gasteiger partial charge in [0.2, 0.25) is 0 Å². The zero-order chi connectivity index (χ0) is 15.8. The van der Waals surface area contributed by atoms with Crippen LogP contribution in [-0.4, -0.2) is 35.3 Å². The summed E-state index contributed by atoms with van der Waals surface area (Å²) in [5.74, 6) is -2.32. The number of allylic oxidation sites excluding steroid dienone is 1. The number of carbonyl (C=O) groups is 2. The maximum Gasteiger partial charge on any atom is 0.320 e. The van der Waals surface area contributed by atoms with E-state index in [0.717, 1.165) is 11.3 Å². The van der Waals surface area contributed by atoms with E-state index < -0.39 is 23.9 Å². The van der Waals surface area contributed by atoms with Crippen molar-refractivity contribution in [2.45, 2.75) is 18.9 Å². The number of hydrogen-bond acceptors (Lipinski definition) is 4. The molecule has 6 heteroatoms. The van der Waals surface area contributed by atoms with Crippen LogP contribution in [0.5, 0.6) is 5.75 Å². The second kappa shape index (κ2) is 8.06. The van der Waals surface area contributed by atoms with Gasteiger partial charge < -0.3 is 20.7 Å². The molecule has 0 bridgehead atoms. The van der Waals surface area contributed by atoms with Crippen molar-refractivity contribution in [3.63, 3.8) is 0 Å². The monoisotopic (exact) mass is 293 g/mol. The number of aliphatic carboxylic acids is 2. The Morgan fingerprint density at radius 2 is 1.86 bits per heavy atom. The number of rotatable bonds is 8. The summed E-state index contributed by atoms with van der Waals surface area (Å²) in [4.78, 5) is 21.7. The fourth-order valence-electron chi connectivity index (χ4n) is 1.79. The van der Waals surface area contributed by atoms with Crippen molar-refractivity contribution in [2.24, 2.45) is 11.7 Å². The summed E-state index contributed by atoms with van der Waals surface area (Å²) >= 11 is 0. The first kappa shape index (κ1) is 16.7. The van der Waals surface area contributed by atoms with Gasteiger partial charge in [0.15, 0.2) is 0 Å². The fraction of sp³-hybridized carbons (Fsp3) is 0.333. The van der Waals surface area contributed by atoms with Gasteiger partial charge in [-0.05, 0) is 30.5 Å². The Bertz CT molecular complexity index is 509. The molecule has 2 atom stereocenters. The SMILES string of the molecule is COc1ccc(/C=C/C[C@@H](C[C@H](N)C(=O)O)C(=O)O)cc1. The molecule has 114 valence electrons. The minimum atomic E-state index is -1.19. The molecular formula is C15H19NO5. The van der Waals surface area contributed by atoms with Crippen molar-refractivity contribution in [1.29, 1.82) is 0 Å². The zero-order valence-corrected chi connectivity index (χ0v) is 11.7. The number of nitrogens with two attached hydrogens (primary N) is 1. The molecule has 0 saturated carbocycles. The van der Waals surface area contributed by atoms with E-state index in [1.165, 1.54) is 0 Å². The summed E-state index contributed by atoms with van der Waals surface area (Å²) in [7, 11) is 1.58. The van der Waals surface area contributed by atoms with Crippen LogP contribution in [0, 0.1) is 5.92 Å². The van der Waals surface area contributed by atoms with Crippen molar-refractivity contribution in [3.8, 4) is 5.75 Å². The molecule has 0 radical (unpaired) electrons. The molecule has 0 heterocycles. The minimum Gasteiger partial charge on any atom is -0.497 e. The molecule has 0 unspecified atom stereocenters. The van der Waals surface area contributed by atoms with Gasteiger partial charge in [0.1, 0.15) is 11.8 Å². The predicted octanol–water partition coefficient (Wildman–Crippen LogP) is 1.60. The molecule has 1 aromatic rings.